The molecule has 6 rings (SSSR count). The molecular formula is C24H29N3O3. The van der Waals surface area contributed by atoms with Crippen molar-refractivity contribution in [3.8, 4) is 11.4 Å². The molecule has 4 aliphatic rings. The highest BCUT2D eigenvalue weighted by molar-refractivity contribution is 5.94. The summed E-state index contributed by atoms with van der Waals surface area (Å²) in [7, 11) is 0. The second-order valence-electron chi connectivity index (χ2n) is 9.94. The summed E-state index contributed by atoms with van der Waals surface area (Å²) >= 11 is 0. The highest BCUT2D eigenvalue weighted by Gasteiger charge is 2.53. The minimum atomic E-state index is -0.469. The Bertz CT molecular complexity index is 1020. The van der Waals surface area contributed by atoms with Crippen molar-refractivity contribution in [3.63, 3.8) is 0 Å². The highest BCUT2D eigenvalue weighted by atomic mass is 16.3. The number of carbonyl (C=O) groups excluding carboxylic acids is 1. The Labute approximate surface area is 176 Å². The molecule has 4 fully saturated rings. The van der Waals surface area contributed by atoms with Crippen molar-refractivity contribution >= 4 is 5.91 Å². The molecule has 6 heteroatoms. The molecule has 1 aromatic heterocycles. The van der Waals surface area contributed by atoms with E-state index in [1.165, 1.54) is 43.2 Å². The summed E-state index contributed by atoms with van der Waals surface area (Å²) in [5.41, 5.74) is 1.14. The van der Waals surface area contributed by atoms with E-state index in [2.05, 4.69) is 17.3 Å². The van der Waals surface area contributed by atoms with Gasteiger partial charge in [0, 0.05) is 12.1 Å². The van der Waals surface area contributed by atoms with E-state index in [1.807, 2.05) is 25.1 Å². The number of nitrogens with one attached hydrogen (secondary N) is 1. The maximum absolute atomic E-state index is 13.1. The van der Waals surface area contributed by atoms with Gasteiger partial charge in [-0.2, -0.15) is 9.78 Å². The summed E-state index contributed by atoms with van der Waals surface area (Å²) in [6.07, 6.45) is 7.60. The first-order chi connectivity index (χ1) is 14.3. The van der Waals surface area contributed by atoms with E-state index >= 15 is 0 Å². The van der Waals surface area contributed by atoms with Crippen LogP contribution in [0.3, 0.4) is 0 Å². The molecule has 4 saturated carbocycles. The van der Waals surface area contributed by atoms with E-state index < -0.39 is 11.5 Å². The van der Waals surface area contributed by atoms with Crippen LogP contribution in [-0.2, 0) is 0 Å². The van der Waals surface area contributed by atoms with Gasteiger partial charge in [0.05, 0.1) is 5.69 Å². The monoisotopic (exact) mass is 407 g/mol. The van der Waals surface area contributed by atoms with Gasteiger partial charge in [-0.3, -0.25) is 9.59 Å². The summed E-state index contributed by atoms with van der Waals surface area (Å²) < 4.78 is 1.18. The van der Waals surface area contributed by atoms with E-state index in [4.69, 9.17) is 0 Å². The van der Waals surface area contributed by atoms with E-state index in [-0.39, 0.29) is 22.9 Å². The molecule has 2 aromatic rings. The smallest absolute Gasteiger partial charge is 0.275 e. The summed E-state index contributed by atoms with van der Waals surface area (Å²) in [6, 6.07) is 8.43. The number of carbonyl (C=O) groups is 1. The lowest BCUT2D eigenvalue weighted by Gasteiger charge is -2.59. The molecule has 2 N–H and O–H groups in total. The van der Waals surface area contributed by atoms with Crippen LogP contribution in [-0.4, -0.2) is 26.8 Å². The Balaban J connectivity index is 1.41. The Morgan fingerprint density at radius 3 is 2.40 bits per heavy atom. The molecule has 1 atom stereocenters. The molecule has 158 valence electrons. The normalized spacial score (nSPS) is 30.3. The predicted molar refractivity (Wildman–Crippen MR) is 114 cm³/mol. The molecule has 1 heterocycles. The number of aromatic nitrogens is 2. The van der Waals surface area contributed by atoms with Crippen molar-refractivity contribution in [1.82, 2.24) is 15.1 Å². The second-order valence-corrected chi connectivity index (χ2v) is 9.94. The molecule has 1 aromatic carbocycles. The third kappa shape index (κ3) is 3.22. The van der Waals surface area contributed by atoms with E-state index in [9.17, 15) is 14.7 Å². The zero-order valence-electron chi connectivity index (χ0n) is 17.6. The molecule has 1 unspecified atom stereocenters. The minimum Gasteiger partial charge on any atom is -0.505 e. The lowest BCUT2D eigenvalue weighted by molar-refractivity contribution is -0.0688. The van der Waals surface area contributed by atoms with E-state index in [0.29, 0.717) is 5.69 Å². The van der Waals surface area contributed by atoms with Gasteiger partial charge in [0.15, 0.2) is 11.4 Å². The van der Waals surface area contributed by atoms with E-state index in [1.54, 1.807) is 6.07 Å². The number of aryl methyl sites for hydroxylation is 1. The largest absolute Gasteiger partial charge is 0.505 e. The third-order valence-electron chi connectivity index (χ3n) is 7.72. The van der Waals surface area contributed by atoms with Gasteiger partial charge < -0.3 is 10.4 Å². The summed E-state index contributed by atoms with van der Waals surface area (Å²) in [5.74, 6) is 1.59. The van der Waals surface area contributed by atoms with Crippen LogP contribution in [0.15, 0.2) is 35.1 Å². The average Bonchev–Trinajstić information content (AvgIpc) is 2.66. The number of aromatic hydroxyl groups is 1. The van der Waals surface area contributed by atoms with Crippen molar-refractivity contribution in [3.05, 3.63) is 51.9 Å². The van der Waals surface area contributed by atoms with Crippen molar-refractivity contribution < 1.29 is 9.90 Å². The van der Waals surface area contributed by atoms with Crippen LogP contribution in [0.4, 0.5) is 0 Å². The lowest BCUT2D eigenvalue weighted by atomic mass is 9.48. The van der Waals surface area contributed by atoms with Crippen LogP contribution in [0.25, 0.3) is 5.69 Å². The van der Waals surface area contributed by atoms with Crippen LogP contribution in [0.1, 0.15) is 61.5 Å². The van der Waals surface area contributed by atoms with Gasteiger partial charge >= 0.3 is 0 Å². The molecule has 0 spiro atoms. The first kappa shape index (κ1) is 19.3. The molecule has 0 aliphatic heterocycles. The molecule has 4 aliphatic carbocycles. The van der Waals surface area contributed by atoms with Gasteiger partial charge in [0.2, 0.25) is 0 Å². The molecule has 4 bridgehead atoms. The fourth-order valence-corrected chi connectivity index (χ4v) is 6.68. The lowest BCUT2D eigenvalue weighted by Crippen LogP contribution is -2.56. The zero-order valence-corrected chi connectivity index (χ0v) is 17.6. The standard InChI is InChI=1S/C24H29N3O3/c1-14-4-3-5-19(6-14)27-21(29)10-20(28)22(26-27)23(30)25-15(2)24-11-16-7-17(12-24)9-18(8-16)13-24/h3-6,10,15-18,28H,7-9,11-13H2,1-2H3,(H,25,30). The average molecular weight is 408 g/mol. The van der Waals surface area contributed by atoms with Gasteiger partial charge in [-0.05, 0) is 93.2 Å². The number of rotatable bonds is 4. The van der Waals surface area contributed by atoms with Crippen LogP contribution in [0.5, 0.6) is 5.75 Å². The van der Waals surface area contributed by atoms with Crippen LogP contribution in [0.2, 0.25) is 0 Å². The highest BCUT2D eigenvalue weighted by Crippen LogP contribution is 2.61. The van der Waals surface area contributed by atoms with Gasteiger partial charge in [0.1, 0.15) is 0 Å². The Kier molecular flexibility index (Phi) is 4.49. The summed E-state index contributed by atoms with van der Waals surface area (Å²) in [6.45, 7) is 4.02. The van der Waals surface area contributed by atoms with Crippen molar-refractivity contribution in [2.75, 3.05) is 0 Å². The van der Waals surface area contributed by atoms with Gasteiger partial charge in [-0.25, -0.2) is 0 Å². The number of nitrogens with zero attached hydrogens (tertiary/aromatic N) is 2. The van der Waals surface area contributed by atoms with Crippen LogP contribution in [0, 0.1) is 30.1 Å². The Hall–Kier alpha value is -2.63. The number of benzene rings is 1. The first-order valence-electron chi connectivity index (χ1n) is 11.0. The van der Waals surface area contributed by atoms with Gasteiger partial charge in [0.25, 0.3) is 11.5 Å². The van der Waals surface area contributed by atoms with E-state index in [0.717, 1.165) is 29.4 Å². The first-order valence-corrected chi connectivity index (χ1v) is 11.0. The molecule has 6 nitrogen and oxygen atoms in total. The zero-order chi connectivity index (χ0) is 21.0. The maximum Gasteiger partial charge on any atom is 0.275 e. The SMILES string of the molecule is Cc1cccc(-n2nc(C(=O)NC(C)C34CC5CC(CC(C5)C3)C4)c(O)cc2=O)c1. The van der Waals surface area contributed by atoms with Crippen LogP contribution < -0.4 is 10.9 Å². The fourth-order valence-electron chi connectivity index (χ4n) is 6.68. The maximum atomic E-state index is 13.1. The van der Waals surface area contributed by atoms with Crippen molar-refractivity contribution in [2.24, 2.45) is 23.2 Å². The minimum absolute atomic E-state index is 0.0129. The van der Waals surface area contributed by atoms with Crippen LogP contribution >= 0.6 is 0 Å². The molecule has 0 saturated heterocycles. The number of amides is 1. The molecule has 30 heavy (non-hydrogen) atoms. The number of hydrogen-bond donors (Lipinski definition) is 2. The Morgan fingerprint density at radius 2 is 1.80 bits per heavy atom. The fraction of sp³-hybridized carbons (Fsp3) is 0.542. The van der Waals surface area contributed by atoms with Gasteiger partial charge in [-0.15, -0.1) is 0 Å². The topological polar surface area (TPSA) is 84.2 Å². The molecule has 0 radical (unpaired) electrons. The third-order valence-corrected chi connectivity index (χ3v) is 7.72. The molecule has 1 amide bonds. The summed E-state index contributed by atoms with van der Waals surface area (Å²) in [5, 5.41) is 17.6. The van der Waals surface area contributed by atoms with Crippen molar-refractivity contribution in [2.45, 2.75) is 58.4 Å². The number of hydrogen-bond acceptors (Lipinski definition) is 4. The van der Waals surface area contributed by atoms with Crippen molar-refractivity contribution in [1.29, 1.82) is 0 Å². The summed E-state index contributed by atoms with van der Waals surface area (Å²) in [4.78, 5) is 25.5. The Morgan fingerprint density at radius 1 is 1.17 bits per heavy atom. The molecular weight excluding hydrogens is 378 g/mol. The second kappa shape index (κ2) is 6.96. The van der Waals surface area contributed by atoms with Gasteiger partial charge in [-0.1, -0.05) is 12.1 Å². The quantitative estimate of drug-likeness (QED) is 0.811. The predicted octanol–water partition coefficient (Wildman–Crippen LogP) is 3.58.